The van der Waals surface area contributed by atoms with Crippen LogP contribution in [0.4, 0.5) is 5.69 Å². The van der Waals surface area contributed by atoms with Crippen molar-refractivity contribution in [1.29, 1.82) is 5.41 Å². The van der Waals surface area contributed by atoms with E-state index in [0.717, 1.165) is 67.7 Å². The number of anilines is 1. The number of hydrogen-bond acceptors (Lipinski definition) is 6. The molecule has 3 aliphatic rings. The van der Waals surface area contributed by atoms with Crippen molar-refractivity contribution in [3.8, 4) is 0 Å². The van der Waals surface area contributed by atoms with E-state index >= 15 is 0 Å². The number of hydrogen-bond donors (Lipinski definition) is 3. The summed E-state index contributed by atoms with van der Waals surface area (Å²) >= 11 is 0. The Morgan fingerprint density at radius 3 is 2.78 bits per heavy atom. The van der Waals surface area contributed by atoms with Crippen LogP contribution >= 0.6 is 0 Å². The van der Waals surface area contributed by atoms with Gasteiger partial charge in [0.2, 0.25) is 0 Å². The highest BCUT2D eigenvalue weighted by Gasteiger charge is 2.37. The molecule has 0 aromatic heterocycles. The molecular formula is C25H38N4O3. The van der Waals surface area contributed by atoms with Gasteiger partial charge in [0.1, 0.15) is 6.10 Å². The molecule has 1 heterocycles. The minimum Gasteiger partial charge on any atom is -0.385 e. The third kappa shape index (κ3) is 5.88. The molecule has 32 heavy (non-hydrogen) atoms. The van der Waals surface area contributed by atoms with Crippen molar-refractivity contribution in [1.82, 2.24) is 10.2 Å². The number of morpholine rings is 1. The molecule has 3 N–H and O–H groups in total. The van der Waals surface area contributed by atoms with E-state index in [4.69, 9.17) is 14.9 Å². The molecule has 7 heteroatoms. The van der Waals surface area contributed by atoms with E-state index in [0.29, 0.717) is 38.3 Å². The molecule has 0 unspecified atom stereocenters. The van der Waals surface area contributed by atoms with Gasteiger partial charge in [-0.1, -0.05) is 25.0 Å². The lowest BCUT2D eigenvalue weighted by molar-refractivity contribution is -0.146. The van der Waals surface area contributed by atoms with Crippen LogP contribution in [0.2, 0.25) is 0 Å². The van der Waals surface area contributed by atoms with E-state index < -0.39 is 0 Å². The summed E-state index contributed by atoms with van der Waals surface area (Å²) in [6.45, 7) is 4.08. The summed E-state index contributed by atoms with van der Waals surface area (Å²) in [5, 5.41) is 15.6. The molecule has 0 radical (unpaired) electrons. The van der Waals surface area contributed by atoms with Crippen LogP contribution in [0, 0.1) is 11.3 Å². The fourth-order valence-electron chi connectivity index (χ4n) is 4.82. The molecule has 176 valence electrons. The van der Waals surface area contributed by atoms with Gasteiger partial charge in [-0.2, -0.15) is 0 Å². The zero-order chi connectivity index (χ0) is 22.3. The average molecular weight is 443 g/mol. The van der Waals surface area contributed by atoms with Crippen molar-refractivity contribution >= 4 is 17.3 Å². The molecule has 1 saturated heterocycles. The van der Waals surface area contributed by atoms with Gasteiger partial charge < -0.3 is 30.4 Å². The Balaban J connectivity index is 1.50. The topological polar surface area (TPSA) is 86.7 Å². The molecule has 2 aliphatic carbocycles. The second-order valence-corrected chi connectivity index (χ2v) is 9.31. The molecule has 2 saturated carbocycles. The summed E-state index contributed by atoms with van der Waals surface area (Å²) < 4.78 is 10.9. The summed E-state index contributed by atoms with van der Waals surface area (Å²) in [5.74, 6) is 0.456. The number of amides is 1. The van der Waals surface area contributed by atoms with Crippen LogP contribution in [0.3, 0.4) is 0 Å². The maximum absolute atomic E-state index is 13.2. The lowest BCUT2D eigenvalue weighted by Crippen LogP contribution is -2.49. The second-order valence-electron chi connectivity index (χ2n) is 9.31. The van der Waals surface area contributed by atoms with Crippen LogP contribution < -0.4 is 10.6 Å². The lowest BCUT2D eigenvalue weighted by Gasteiger charge is -2.30. The van der Waals surface area contributed by atoms with E-state index in [1.54, 1.807) is 7.11 Å². The van der Waals surface area contributed by atoms with Crippen molar-refractivity contribution in [2.45, 2.75) is 63.6 Å². The van der Waals surface area contributed by atoms with Gasteiger partial charge in [-0.25, -0.2) is 0 Å². The van der Waals surface area contributed by atoms with Gasteiger partial charge in [0.15, 0.2) is 0 Å². The van der Waals surface area contributed by atoms with Crippen LogP contribution in [0.25, 0.3) is 0 Å². The number of ether oxygens (including phenoxy) is 2. The molecule has 1 aromatic rings. The number of methoxy groups -OCH3 is 1. The lowest BCUT2D eigenvalue weighted by atomic mass is 9.93. The first-order valence-electron chi connectivity index (χ1n) is 12.2. The third-order valence-corrected chi connectivity index (χ3v) is 6.80. The molecule has 7 nitrogen and oxygen atoms in total. The summed E-state index contributed by atoms with van der Waals surface area (Å²) in [6.07, 6.45) is 7.33. The highest BCUT2D eigenvalue weighted by atomic mass is 16.5. The van der Waals surface area contributed by atoms with Crippen LogP contribution in [-0.2, 0) is 20.8 Å². The predicted octanol–water partition coefficient (Wildman–Crippen LogP) is 3.17. The van der Waals surface area contributed by atoms with E-state index in [2.05, 4.69) is 28.8 Å². The first-order valence-corrected chi connectivity index (χ1v) is 12.2. The largest absolute Gasteiger partial charge is 0.385 e. The SMILES string of the molecule is COCCCNc1cc(CN(C(=O)[C@H]2CNCCO2)C2CC2)ccc1C(=N)C1CCCC1. The van der Waals surface area contributed by atoms with Gasteiger partial charge in [-0.3, -0.25) is 4.79 Å². The molecule has 0 bridgehead atoms. The fraction of sp³-hybridized carbons (Fsp3) is 0.680. The van der Waals surface area contributed by atoms with Crippen molar-refractivity contribution in [3.05, 3.63) is 29.3 Å². The molecule has 1 atom stereocenters. The zero-order valence-electron chi connectivity index (χ0n) is 19.3. The van der Waals surface area contributed by atoms with E-state index in [1.807, 2.05) is 4.90 Å². The quantitative estimate of drug-likeness (QED) is 0.362. The number of rotatable bonds is 11. The zero-order valence-corrected chi connectivity index (χ0v) is 19.3. The Labute approximate surface area is 191 Å². The van der Waals surface area contributed by atoms with Gasteiger partial charge in [0, 0.05) is 68.8 Å². The van der Waals surface area contributed by atoms with Gasteiger partial charge in [0.05, 0.1) is 6.61 Å². The molecule has 3 fully saturated rings. The Kier molecular flexibility index (Phi) is 8.16. The van der Waals surface area contributed by atoms with Crippen LogP contribution in [-0.4, -0.2) is 68.6 Å². The van der Waals surface area contributed by atoms with E-state index in [1.165, 1.54) is 12.8 Å². The van der Waals surface area contributed by atoms with Gasteiger partial charge >= 0.3 is 0 Å². The van der Waals surface area contributed by atoms with Crippen molar-refractivity contribution < 1.29 is 14.3 Å². The van der Waals surface area contributed by atoms with Gasteiger partial charge in [0.25, 0.3) is 5.91 Å². The number of carbonyl (C=O) groups is 1. The molecule has 1 amide bonds. The van der Waals surface area contributed by atoms with Crippen molar-refractivity contribution in [2.75, 3.05) is 45.3 Å². The van der Waals surface area contributed by atoms with Crippen LogP contribution in [0.15, 0.2) is 18.2 Å². The van der Waals surface area contributed by atoms with Gasteiger partial charge in [-0.15, -0.1) is 0 Å². The molecule has 1 aromatic carbocycles. The average Bonchev–Trinajstić information content (AvgIpc) is 3.52. The Bertz CT molecular complexity index is 783. The predicted molar refractivity (Wildman–Crippen MR) is 126 cm³/mol. The first-order chi connectivity index (χ1) is 15.7. The van der Waals surface area contributed by atoms with E-state index in [-0.39, 0.29) is 12.0 Å². The number of nitrogens with one attached hydrogen (secondary N) is 3. The smallest absolute Gasteiger partial charge is 0.253 e. The minimum atomic E-state index is -0.384. The Hall–Kier alpha value is -1.96. The molecular weight excluding hydrogens is 404 g/mol. The fourth-order valence-corrected chi connectivity index (χ4v) is 4.82. The minimum absolute atomic E-state index is 0.0945. The molecule has 1 aliphatic heterocycles. The van der Waals surface area contributed by atoms with Crippen molar-refractivity contribution in [3.63, 3.8) is 0 Å². The first kappa shape index (κ1) is 23.2. The summed E-state index contributed by atoms with van der Waals surface area (Å²) in [6, 6.07) is 6.65. The Morgan fingerprint density at radius 2 is 2.09 bits per heavy atom. The maximum atomic E-state index is 13.2. The number of benzene rings is 1. The normalized spacial score (nSPS) is 21.5. The van der Waals surface area contributed by atoms with E-state index in [9.17, 15) is 4.79 Å². The third-order valence-electron chi connectivity index (χ3n) is 6.80. The van der Waals surface area contributed by atoms with Crippen LogP contribution in [0.1, 0.15) is 56.1 Å². The number of carbonyl (C=O) groups excluding carboxylic acids is 1. The maximum Gasteiger partial charge on any atom is 0.253 e. The standard InChI is InChI=1S/C25H38N4O3/c1-31-13-4-11-28-22-15-18(7-10-21(22)24(26)19-5-2-3-6-19)17-29(20-8-9-20)25(30)23-16-27-12-14-32-23/h7,10,15,19-20,23,26-28H,2-6,8-9,11-14,16-17H2,1H3/t23-/m1/s1. The highest BCUT2D eigenvalue weighted by molar-refractivity contribution is 6.04. The monoisotopic (exact) mass is 442 g/mol. The Morgan fingerprint density at radius 1 is 1.28 bits per heavy atom. The van der Waals surface area contributed by atoms with Gasteiger partial charge in [-0.05, 0) is 43.7 Å². The summed E-state index contributed by atoms with van der Waals surface area (Å²) in [7, 11) is 1.72. The van der Waals surface area contributed by atoms with Crippen molar-refractivity contribution in [2.24, 2.45) is 5.92 Å². The molecule has 0 spiro atoms. The highest BCUT2D eigenvalue weighted by Crippen LogP contribution is 2.33. The second kappa shape index (κ2) is 11.3. The summed E-state index contributed by atoms with van der Waals surface area (Å²) in [5.41, 5.74) is 3.86. The molecule has 4 rings (SSSR count). The number of nitrogens with zero attached hydrogens (tertiary/aromatic N) is 1. The summed E-state index contributed by atoms with van der Waals surface area (Å²) in [4.78, 5) is 15.2. The van der Waals surface area contributed by atoms with Crippen LogP contribution in [0.5, 0.6) is 0 Å².